The first-order valence-corrected chi connectivity index (χ1v) is 8.60. The minimum Gasteiger partial charge on any atom is -0.336 e. The largest absolute Gasteiger partial charge is 0.336 e. The van der Waals surface area contributed by atoms with Gasteiger partial charge in [0.25, 0.3) is 0 Å². The minimum absolute atomic E-state index is 0.0624. The Bertz CT molecular complexity index is 765. The molecule has 112 valence electrons. The Morgan fingerprint density at radius 2 is 2.05 bits per heavy atom. The molecule has 1 aliphatic rings. The topological polar surface area (TPSA) is 55.2 Å². The lowest BCUT2D eigenvalue weighted by atomic mass is 10.1. The number of benzene rings is 1. The van der Waals surface area contributed by atoms with Gasteiger partial charge in [-0.2, -0.15) is 4.31 Å². The number of nitrogens with zero attached hydrogens (tertiary/aromatic N) is 3. The molecule has 0 spiro atoms. The highest BCUT2D eigenvalue weighted by molar-refractivity contribution is 7.88. The lowest BCUT2D eigenvalue weighted by Crippen LogP contribution is -2.37. The second kappa shape index (κ2) is 5.27. The molecule has 0 bridgehead atoms. The summed E-state index contributed by atoms with van der Waals surface area (Å²) in [6.45, 7) is 2.87. The molecule has 5 nitrogen and oxygen atoms in total. The summed E-state index contributed by atoms with van der Waals surface area (Å²) in [6.07, 6.45) is 2.44. The van der Waals surface area contributed by atoms with E-state index in [0.29, 0.717) is 19.5 Å². The third kappa shape index (κ3) is 2.73. The van der Waals surface area contributed by atoms with Crippen molar-refractivity contribution in [3.8, 4) is 0 Å². The third-order valence-electron chi connectivity index (χ3n) is 4.06. The van der Waals surface area contributed by atoms with Gasteiger partial charge < -0.3 is 4.57 Å². The van der Waals surface area contributed by atoms with E-state index in [-0.39, 0.29) is 5.75 Å². The van der Waals surface area contributed by atoms with E-state index in [9.17, 15) is 8.42 Å². The van der Waals surface area contributed by atoms with E-state index in [0.717, 1.165) is 22.5 Å². The summed E-state index contributed by atoms with van der Waals surface area (Å²) < 4.78 is 28.8. The quantitative estimate of drug-likeness (QED) is 0.866. The molecule has 2 heterocycles. The van der Waals surface area contributed by atoms with Crippen molar-refractivity contribution in [2.45, 2.75) is 25.6 Å². The molecule has 6 heteroatoms. The zero-order chi connectivity index (χ0) is 15.0. The van der Waals surface area contributed by atoms with Gasteiger partial charge >= 0.3 is 0 Å². The van der Waals surface area contributed by atoms with Crippen LogP contribution in [-0.4, -0.2) is 28.8 Å². The van der Waals surface area contributed by atoms with Gasteiger partial charge in [-0.15, -0.1) is 0 Å². The number of aryl methyl sites for hydroxylation is 2. The van der Waals surface area contributed by atoms with Crippen LogP contribution < -0.4 is 0 Å². The summed E-state index contributed by atoms with van der Waals surface area (Å²) in [4.78, 5) is 4.31. The van der Waals surface area contributed by atoms with E-state index in [4.69, 9.17) is 0 Å². The Balaban J connectivity index is 1.84. The summed E-state index contributed by atoms with van der Waals surface area (Å²) >= 11 is 0. The number of fused-ring (bicyclic) bond motifs is 1. The third-order valence-corrected chi connectivity index (χ3v) is 5.84. The standard InChI is InChI=1S/C15H19N3O2S/c1-12-5-3-4-6-13(12)10-21(19,20)18-8-7-14-15(9-18)17(2)11-16-14/h3-6,11H,7-10H2,1-2H3. The second-order valence-corrected chi connectivity index (χ2v) is 7.48. The Morgan fingerprint density at radius 3 is 2.81 bits per heavy atom. The van der Waals surface area contributed by atoms with Crippen LogP contribution in [-0.2, 0) is 35.8 Å². The van der Waals surface area contributed by atoms with Gasteiger partial charge in [-0.1, -0.05) is 24.3 Å². The molecule has 3 rings (SSSR count). The van der Waals surface area contributed by atoms with Crippen molar-refractivity contribution in [2.24, 2.45) is 7.05 Å². The van der Waals surface area contributed by atoms with E-state index in [1.54, 1.807) is 10.6 Å². The molecular weight excluding hydrogens is 286 g/mol. The molecule has 0 unspecified atom stereocenters. The zero-order valence-electron chi connectivity index (χ0n) is 12.3. The highest BCUT2D eigenvalue weighted by Gasteiger charge is 2.29. The van der Waals surface area contributed by atoms with Crippen LogP contribution in [0.25, 0.3) is 0 Å². The van der Waals surface area contributed by atoms with E-state index in [1.165, 1.54) is 0 Å². The van der Waals surface area contributed by atoms with Gasteiger partial charge in [0.05, 0.1) is 30.0 Å². The molecule has 0 radical (unpaired) electrons. The molecule has 0 N–H and O–H groups in total. The van der Waals surface area contributed by atoms with Crippen LogP contribution in [0.15, 0.2) is 30.6 Å². The summed E-state index contributed by atoms with van der Waals surface area (Å²) in [5, 5.41) is 0. The van der Waals surface area contributed by atoms with E-state index in [1.807, 2.05) is 42.8 Å². The number of rotatable bonds is 3. The first kappa shape index (κ1) is 14.3. The van der Waals surface area contributed by atoms with Crippen LogP contribution >= 0.6 is 0 Å². The first-order valence-electron chi connectivity index (χ1n) is 6.99. The molecule has 1 aromatic heterocycles. The summed E-state index contributed by atoms with van der Waals surface area (Å²) in [5.74, 6) is 0.0624. The smallest absolute Gasteiger partial charge is 0.218 e. The van der Waals surface area contributed by atoms with Crippen molar-refractivity contribution in [2.75, 3.05) is 6.54 Å². The Labute approximate surface area is 125 Å². The predicted octanol–water partition coefficient (Wildman–Crippen LogP) is 1.62. The number of sulfonamides is 1. The molecule has 21 heavy (non-hydrogen) atoms. The van der Waals surface area contributed by atoms with Crippen LogP contribution in [0.5, 0.6) is 0 Å². The second-order valence-electron chi connectivity index (χ2n) is 5.52. The Morgan fingerprint density at radius 1 is 1.29 bits per heavy atom. The maximum atomic E-state index is 12.6. The van der Waals surface area contributed by atoms with Gasteiger partial charge in [0.15, 0.2) is 0 Å². The normalized spacial score (nSPS) is 15.9. The lowest BCUT2D eigenvalue weighted by Gasteiger charge is -2.26. The zero-order valence-corrected chi connectivity index (χ0v) is 13.1. The molecule has 0 aliphatic carbocycles. The molecule has 1 aromatic carbocycles. The van der Waals surface area contributed by atoms with E-state index in [2.05, 4.69) is 4.98 Å². The molecule has 0 amide bonds. The van der Waals surface area contributed by atoms with Crippen LogP contribution in [0.2, 0.25) is 0 Å². The van der Waals surface area contributed by atoms with Crippen molar-refractivity contribution in [1.29, 1.82) is 0 Å². The fraction of sp³-hybridized carbons (Fsp3) is 0.400. The molecular formula is C15H19N3O2S. The van der Waals surface area contributed by atoms with Crippen molar-refractivity contribution < 1.29 is 8.42 Å². The molecule has 0 fully saturated rings. The predicted molar refractivity (Wildman–Crippen MR) is 81.1 cm³/mol. The monoisotopic (exact) mass is 305 g/mol. The Hall–Kier alpha value is -1.66. The van der Waals surface area contributed by atoms with Gasteiger partial charge in [0.2, 0.25) is 10.0 Å². The summed E-state index contributed by atoms with van der Waals surface area (Å²) in [5.41, 5.74) is 3.89. The van der Waals surface area contributed by atoms with Crippen molar-refractivity contribution >= 4 is 10.0 Å². The van der Waals surface area contributed by atoms with Gasteiger partial charge in [0.1, 0.15) is 0 Å². The molecule has 1 aliphatic heterocycles. The van der Waals surface area contributed by atoms with Gasteiger partial charge in [-0.25, -0.2) is 13.4 Å². The lowest BCUT2D eigenvalue weighted by molar-refractivity contribution is 0.379. The van der Waals surface area contributed by atoms with Crippen LogP contribution in [0.4, 0.5) is 0 Å². The van der Waals surface area contributed by atoms with Gasteiger partial charge in [-0.05, 0) is 18.1 Å². The maximum Gasteiger partial charge on any atom is 0.218 e. The van der Waals surface area contributed by atoms with Crippen LogP contribution in [0.1, 0.15) is 22.5 Å². The van der Waals surface area contributed by atoms with E-state index < -0.39 is 10.0 Å². The van der Waals surface area contributed by atoms with Crippen molar-refractivity contribution in [3.05, 3.63) is 53.1 Å². The maximum absolute atomic E-state index is 12.6. The fourth-order valence-electron chi connectivity index (χ4n) is 2.69. The average Bonchev–Trinajstić information content (AvgIpc) is 2.82. The Kier molecular flexibility index (Phi) is 3.59. The van der Waals surface area contributed by atoms with Gasteiger partial charge in [0, 0.05) is 20.0 Å². The number of imidazole rings is 1. The number of hydrogen-bond acceptors (Lipinski definition) is 3. The van der Waals surface area contributed by atoms with E-state index >= 15 is 0 Å². The molecule has 0 saturated carbocycles. The average molecular weight is 305 g/mol. The highest BCUT2D eigenvalue weighted by Crippen LogP contribution is 2.22. The first-order chi connectivity index (χ1) is 9.97. The summed E-state index contributed by atoms with van der Waals surface area (Å²) in [6, 6.07) is 7.63. The van der Waals surface area contributed by atoms with Crippen LogP contribution in [0, 0.1) is 6.92 Å². The van der Waals surface area contributed by atoms with Crippen LogP contribution in [0.3, 0.4) is 0 Å². The highest BCUT2D eigenvalue weighted by atomic mass is 32.2. The number of hydrogen-bond donors (Lipinski definition) is 0. The van der Waals surface area contributed by atoms with Gasteiger partial charge in [-0.3, -0.25) is 0 Å². The minimum atomic E-state index is -3.30. The SMILES string of the molecule is Cc1ccccc1CS(=O)(=O)N1CCc2ncn(C)c2C1. The molecule has 2 aromatic rings. The van der Waals surface area contributed by atoms with Crippen molar-refractivity contribution in [3.63, 3.8) is 0 Å². The fourth-order valence-corrected chi connectivity index (χ4v) is 4.28. The molecule has 0 saturated heterocycles. The number of aromatic nitrogens is 2. The summed E-state index contributed by atoms with van der Waals surface area (Å²) in [7, 11) is -1.40. The molecule has 0 atom stereocenters. The van der Waals surface area contributed by atoms with Crippen molar-refractivity contribution in [1.82, 2.24) is 13.9 Å².